The summed E-state index contributed by atoms with van der Waals surface area (Å²) in [5, 5.41) is 3.29. The van der Waals surface area contributed by atoms with E-state index in [-0.39, 0.29) is 5.54 Å². The molecule has 12 heavy (non-hydrogen) atoms. The molecule has 0 atom stereocenters. The normalized spacial score (nSPS) is 19.5. The number of nitrogens with two attached hydrogens (primary N) is 1. The molecule has 66 valence electrons. The number of hydrogen-bond acceptors (Lipinski definition) is 3. The Morgan fingerprint density at radius 2 is 2.42 bits per heavy atom. The average Bonchev–Trinajstić information content (AvgIpc) is 2.64. The zero-order chi connectivity index (χ0) is 8.60. The first kappa shape index (κ1) is 8.20. The lowest BCUT2D eigenvalue weighted by atomic mass is 10.3. The van der Waals surface area contributed by atoms with Crippen LogP contribution in [-0.4, -0.2) is 4.98 Å². The molecule has 1 aromatic rings. The minimum Gasteiger partial charge on any atom is -0.319 e. The Labute approximate surface area is 76.8 Å². The smallest absolute Gasteiger partial charge is 0.113 e. The van der Waals surface area contributed by atoms with Crippen molar-refractivity contribution in [3.05, 3.63) is 16.1 Å². The maximum absolute atomic E-state index is 6.03. The molecule has 1 aliphatic carbocycles. The number of thiazole rings is 1. The second-order valence-corrected chi connectivity index (χ2v) is 4.41. The third-order valence-electron chi connectivity index (χ3n) is 2.27. The van der Waals surface area contributed by atoms with Crippen LogP contribution >= 0.6 is 11.3 Å². The summed E-state index contributed by atoms with van der Waals surface area (Å²) >= 11 is 1.72. The topological polar surface area (TPSA) is 38.9 Å². The summed E-state index contributed by atoms with van der Waals surface area (Å²) in [6.45, 7) is 2.17. The van der Waals surface area contributed by atoms with E-state index in [1.54, 1.807) is 11.3 Å². The van der Waals surface area contributed by atoms with Crippen LogP contribution in [0.25, 0.3) is 0 Å². The van der Waals surface area contributed by atoms with Gasteiger partial charge in [0, 0.05) is 5.38 Å². The van der Waals surface area contributed by atoms with E-state index >= 15 is 0 Å². The van der Waals surface area contributed by atoms with Crippen molar-refractivity contribution in [3.63, 3.8) is 0 Å². The molecule has 2 nitrogen and oxygen atoms in total. The monoisotopic (exact) mass is 182 g/mol. The molecule has 0 bridgehead atoms. The van der Waals surface area contributed by atoms with E-state index in [2.05, 4.69) is 17.3 Å². The van der Waals surface area contributed by atoms with Gasteiger partial charge in [0.15, 0.2) is 0 Å². The van der Waals surface area contributed by atoms with E-state index in [1.807, 2.05) is 0 Å². The second-order valence-electron chi connectivity index (χ2n) is 3.55. The number of hydrogen-bond donors (Lipinski definition) is 1. The predicted molar refractivity (Wildman–Crippen MR) is 51.2 cm³/mol. The highest BCUT2D eigenvalue weighted by Crippen LogP contribution is 2.43. The fourth-order valence-corrected chi connectivity index (χ4v) is 2.28. The van der Waals surface area contributed by atoms with Crippen LogP contribution < -0.4 is 5.73 Å². The van der Waals surface area contributed by atoms with Crippen molar-refractivity contribution in [3.8, 4) is 0 Å². The van der Waals surface area contributed by atoms with Gasteiger partial charge < -0.3 is 5.73 Å². The molecule has 1 aliphatic rings. The minimum absolute atomic E-state index is 0.0311. The summed E-state index contributed by atoms with van der Waals surface area (Å²) in [6, 6.07) is 0. The molecule has 1 aromatic heterocycles. The first-order valence-corrected chi connectivity index (χ1v) is 5.36. The van der Waals surface area contributed by atoms with Gasteiger partial charge in [-0.1, -0.05) is 13.3 Å². The average molecular weight is 182 g/mol. The Morgan fingerprint density at radius 1 is 1.67 bits per heavy atom. The summed E-state index contributed by atoms with van der Waals surface area (Å²) in [5.41, 5.74) is 7.21. The molecule has 1 fully saturated rings. The van der Waals surface area contributed by atoms with Crippen LogP contribution in [0.1, 0.15) is 36.9 Å². The van der Waals surface area contributed by atoms with E-state index in [9.17, 15) is 0 Å². The summed E-state index contributed by atoms with van der Waals surface area (Å²) in [5.74, 6) is 0. The Bertz CT molecular complexity index is 276. The fraction of sp³-hybridized carbons (Fsp3) is 0.667. The molecule has 0 aliphatic heterocycles. The van der Waals surface area contributed by atoms with Crippen molar-refractivity contribution in [2.75, 3.05) is 0 Å². The Morgan fingerprint density at radius 3 is 3.00 bits per heavy atom. The highest BCUT2D eigenvalue weighted by Gasteiger charge is 2.42. The van der Waals surface area contributed by atoms with Gasteiger partial charge in [-0.15, -0.1) is 11.3 Å². The summed E-state index contributed by atoms with van der Waals surface area (Å²) in [6.07, 6.45) is 4.49. The zero-order valence-electron chi connectivity index (χ0n) is 7.34. The van der Waals surface area contributed by atoms with Crippen molar-refractivity contribution in [2.45, 2.75) is 38.1 Å². The van der Waals surface area contributed by atoms with E-state index in [4.69, 9.17) is 5.73 Å². The summed E-state index contributed by atoms with van der Waals surface area (Å²) in [4.78, 5) is 4.53. The minimum atomic E-state index is -0.0311. The van der Waals surface area contributed by atoms with E-state index in [0.29, 0.717) is 0 Å². The van der Waals surface area contributed by atoms with Crippen molar-refractivity contribution < 1.29 is 0 Å². The first-order valence-electron chi connectivity index (χ1n) is 4.48. The number of rotatable bonds is 3. The largest absolute Gasteiger partial charge is 0.319 e. The van der Waals surface area contributed by atoms with Gasteiger partial charge in [-0.2, -0.15) is 0 Å². The molecule has 0 saturated heterocycles. The third kappa shape index (κ3) is 1.39. The van der Waals surface area contributed by atoms with Gasteiger partial charge in [-0.05, 0) is 19.3 Å². The molecule has 0 spiro atoms. The first-order chi connectivity index (χ1) is 5.74. The van der Waals surface area contributed by atoms with E-state index in [0.717, 1.165) is 24.3 Å². The SMILES string of the molecule is CCCc1csc(C2(N)CC2)n1. The fourth-order valence-electron chi connectivity index (χ4n) is 1.26. The lowest BCUT2D eigenvalue weighted by Crippen LogP contribution is -2.18. The maximum Gasteiger partial charge on any atom is 0.113 e. The quantitative estimate of drug-likeness (QED) is 0.777. The van der Waals surface area contributed by atoms with Crippen molar-refractivity contribution >= 4 is 11.3 Å². The molecule has 0 radical (unpaired) electrons. The van der Waals surface area contributed by atoms with Crippen molar-refractivity contribution in [2.24, 2.45) is 5.73 Å². The highest BCUT2D eigenvalue weighted by atomic mass is 32.1. The Kier molecular flexibility index (Phi) is 1.93. The van der Waals surface area contributed by atoms with Crippen LogP contribution in [0.2, 0.25) is 0 Å². The van der Waals surface area contributed by atoms with E-state index in [1.165, 1.54) is 12.1 Å². The molecule has 0 unspecified atom stereocenters. The van der Waals surface area contributed by atoms with Gasteiger partial charge in [0.05, 0.1) is 11.2 Å². The molecule has 1 saturated carbocycles. The third-order valence-corrected chi connectivity index (χ3v) is 3.38. The van der Waals surface area contributed by atoms with Crippen LogP contribution in [0.4, 0.5) is 0 Å². The number of aromatic nitrogens is 1. The Balaban J connectivity index is 2.13. The van der Waals surface area contributed by atoms with Crippen molar-refractivity contribution in [1.29, 1.82) is 0 Å². The highest BCUT2D eigenvalue weighted by molar-refractivity contribution is 7.09. The molecular weight excluding hydrogens is 168 g/mol. The molecule has 2 rings (SSSR count). The lowest BCUT2D eigenvalue weighted by Gasteiger charge is -2.01. The van der Waals surface area contributed by atoms with Crippen molar-refractivity contribution in [1.82, 2.24) is 4.98 Å². The van der Waals surface area contributed by atoms with Crippen LogP contribution in [-0.2, 0) is 12.0 Å². The standard InChI is InChI=1S/C9H14N2S/c1-2-3-7-6-12-8(11-7)9(10)4-5-9/h6H,2-5,10H2,1H3. The summed E-state index contributed by atoms with van der Waals surface area (Å²) in [7, 11) is 0. The number of aryl methyl sites for hydroxylation is 1. The second kappa shape index (κ2) is 2.82. The van der Waals surface area contributed by atoms with Gasteiger partial charge in [0.1, 0.15) is 5.01 Å². The molecule has 1 heterocycles. The zero-order valence-corrected chi connectivity index (χ0v) is 8.16. The van der Waals surface area contributed by atoms with Crippen LogP contribution in [0.5, 0.6) is 0 Å². The Hall–Kier alpha value is -0.410. The van der Waals surface area contributed by atoms with E-state index < -0.39 is 0 Å². The van der Waals surface area contributed by atoms with Gasteiger partial charge in [-0.3, -0.25) is 0 Å². The molecule has 3 heteroatoms. The lowest BCUT2D eigenvalue weighted by molar-refractivity contribution is 0.722. The van der Waals surface area contributed by atoms with Crippen LogP contribution in [0, 0.1) is 0 Å². The molecule has 0 aromatic carbocycles. The molecular formula is C9H14N2S. The van der Waals surface area contributed by atoms with Gasteiger partial charge >= 0.3 is 0 Å². The maximum atomic E-state index is 6.03. The van der Waals surface area contributed by atoms with Gasteiger partial charge in [0.2, 0.25) is 0 Å². The van der Waals surface area contributed by atoms with Gasteiger partial charge in [0.25, 0.3) is 0 Å². The predicted octanol–water partition coefficient (Wildman–Crippen LogP) is 2.04. The van der Waals surface area contributed by atoms with Gasteiger partial charge in [-0.25, -0.2) is 4.98 Å². The molecule has 0 amide bonds. The number of nitrogens with zero attached hydrogens (tertiary/aromatic N) is 1. The summed E-state index contributed by atoms with van der Waals surface area (Å²) < 4.78 is 0. The van der Waals surface area contributed by atoms with Crippen LogP contribution in [0.3, 0.4) is 0 Å². The molecule has 2 N–H and O–H groups in total. The van der Waals surface area contributed by atoms with Crippen LogP contribution in [0.15, 0.2) is 5.38 Å².